The fraction of sp³-hybridized carbons (Fsp3) is 0.409. The molecule has 0 radical (unpaired) electrons. The van der Waals surface area contributed by atoms with Gasteiger partial charge in [0.15, 0.2) is 0 Å². The number of hydrogen-bond donors (Lipinski definition) is 2. The van der Waals surface area contributed by atoms with Gasteiger partial charge in [-0.3, -0.25) is 9.69 Å². The first-order valence-electron chi connectivity index (χ1n) is 9.82. The summed E-state index contributed by atoms with van der Waals surface area (Å²) >= 11 is 6.15. The van der Waals surface area contributed by atoms with E-state index in [1.807, 2.05) is 18.2 Å². The first kappa shape index (κ1) is 21.4. The zero-order chi connectivity index (χ0) is 20.8. The molecule has 1 fully saturated rings. The number of rotatable bonds is 7. The van der Waals surface area contributed by atoms with Crippen molar-refractivity contribution >= 4 is 28.9 Å². The van der Waals surface area contributed by atoms with Crippen molar-refractivity contribution in [2.75, 3.05) is 49.5 Å². The Kier molecular flexibility index (Phi) is 7.36. The number of aryl methyl sites for hydroxylation is 1. The van der Waals surface area contributed by atoms with Gasteiger partial charge in [-0.15, -0.1) is 0 Å². The smallest absolute Gasteiger partial charge is 0.221 e. The summed E-state index contributed by atoms with van der Waals surface area (Å²) in [7, 11) is 0. The minimum Gasteiger partial charge on any atom is -0.491 e. The Bertz CT molecular complexity index is 821. The number of anilines is 2. The molecule has 3 rings (SSSR count). The lowest BCUT2D eigenvalue weighted by atomic mass is 10.1. The van der Waals surface area contributed by atoms with Gasteiger partial charge in [-0.2, -0.15) is 0 Å². The highest BCUT2D eigenvalue weighted by molar-refractivity contribution is 6.30. The molecule has 0 spiro atoms. The second kappa shape index (κ2) is 9.96. The lowest BCUT2D eigenvalue weighted by Crippen LogP contribution is -2.49. The van der Waals surface area contributed by atoms with Crippen LogP contribution >= 0.6 is 11.6 Å². The maximum absolute atomic E-state index is 11.0. The molecule has 1 aliphatic rings. The number of β-amino-alcohol motifs (C(OH)–C–C–N with tert-alkyl or cyclic N) is 1. The summed E-state index contributed by atoms with van der Waals surface area (Å²) in [6.45, 7) is 7.94. The predicted octanol–water partition coefficient (Wildman–Crippen LogP) is 3.17. The monoisotopic (exact) mass is 417 g/mol. The number of nitrogens with zero attached hydrogens (tertiary/aromatic N) is 2. The number of piperazine rings is 1. The number of nitrogens with one attached hydrogen (secondary N) is 1. The molecule has 1 atom stereocenters. The number of carbonyl (C=O) groups excluding carboxylic acids is 1. The van der Waals surface area contributed by atoms with Crippen LogP contribution in [-0.2, 0) is 4.79 Å². The van der Waals surface area contributed by atoms with Crippen LogP contribution in [0.3, 0.4) is 0 Å². The van der Waals surface area contributed by atoms with Gasteiger partial charge in [-0.1, -0.05) is 17.7 Å². The molecule has 6 nitrogen and oxygen atoms in total. The molecule has 0 aliphatic carbocycles. The maximum atomic E-state index is 11.0. The number of carbonyl (C=O) groups is 1. The van der Waals surface area contributed by atoms with Gasteiger partial charge in [0.25, 0.3) is 0 Å². The Labute approximate surface area is 177 Å². The lowest BCUT2D eigenvalue weighted by Gasteiger charge is -2.37. The molecular formula is C22H28ClN3O3. The first-order valence-corrected chi connectivity index (χ1v) is 10.2. The van der Waals surface area contributed by atoms with Gasteiger partial charge in [-0.05, 0) is 48.9 Å². The molecule has 156 valence electrons. The van der Waals surface area contributed by atoms with Crippen LogP contribution in [0, 0.1) is 6.92 Å². The van der Waals surface area contributed by atoms with E-state index < -0.39 is 6.10 Å². The Morgan fingerprint density at radius 1 is 1.17 bits per heavy atom. The molecule has 1 amide bonds. The van der Waals surface area contributed by atoms with Crippen molar-refractivity contribution < 1.29 is 14.6 Å². The molecule has 1 aliphatic heterocycles. The molecule has 29 heavy (non-hydrogen) atoms. The van der Waals surface area contributed by atoms with Crippen molar-refractivity contribution in [2.45, 2.75) is 20.0 Å². The van der Waals surface area contributed by atoms with Crippen molar-refractivity contribution in [3.05, 3.63) is 53.1 Å². The van der Waals surface area contributed by atoms with Gasteiger partial charge < -0.3 is 20.1 Å². The fourth-order valence-corrected chi connectivity index (χ4v) is 3.64. The first-order chi connectivity index (χ1) is 13.9. The summed E-state index contributed by atoms with van der Waals surface area (Å²) in [4.78, 5) is 15.6. The van der Waals surface area contributed by atoms with Crippen LogP contribution in [0.15, 0.2) is 42.5 Å². The van der Waals surface area contributed by atoms with E-state index in [-0.39, 0.29) is 12.5 Å². The summed E-state index contributed by atoms with van der Waals surface area (Å²) in [5.41, 5.74) is 3.13. The number of benzene rings is 2. The van der Waals surface area contributed by atoms with E-state index >= 15 is 0 Å². The summed E-state index contributed by atoms with van der Waals surface area (Å²) in [5, 5.41) is 13.8. The highest BCUT2D eigenvalue weighted by Gasteiger charge is 2.21. The van der Waals surface area contributed by atoms with Gasteiger partial charge >= 0.3 is 0 Å². The number of aliphatic hydroxyl groups is 1. The molecule has 1 saturated heterocycles. The van der Waals surface area contributed by atoms with Crippen LogP contribution in [0.2, 0.25) is 5.02 Å². The van der Waals surface area contributed by atoms with Crippen LogP contribution in [0.5, 0.6) is 5.75 Å². The minimum atomic E-state index is -0.565. The topological polar surface area (TPSA) is 65.0 Å². The number of ether oxygens (including phenoxy) is 1. The van der Waals surface area contributed by atoms with Gasteiger partial charge in [-0.25, -0.2) is 0 Å². The third-order valence-corrected chi connectivity index (χ3v) is 5.21. The molecule has 2 N–H and O–H groups in total. The zero-order valence-electron chi connectivity index (χ0n) is 16.9. The van der Waals surface area contributed by atoms with E-state index in [4.69, 9.17) is 16.3 Å². The average Bonchev–Trinajstić information content (AvgIpc) is 2.69. The number of aliphatic hydroxyl groups excluding tert-OH is 1. The largest absolute Gasteiger partial charge is 0.491 e. The zero-order valence-corrected chi connectivity index (χ0v) is 17.7. The lowest BCUT2D eigenvalue weighted by molar-refractivity contribution is -0.114. The van der Waals surface area contributed by atoms with E-state index in [1.165, 1.54) is 18.2 Å². The number of hydrogen-bond acceptors (Lipinski definition) is 5. The highest BCUT2D eigenvalue weighted by atomic mass is 35.5. The quantitative estimate of drug-likeness (QED) is 0.724. The number of halogens is 1. The predicted molar refractivity (Wildman–Crippen MR) is 117 cm³/mol. The van der Waals surface area contributed by atoms with Crippen LogP contribution < -0.4 is 15.0 Å². The normalized spacial score (nSPS) is 15.8. The molecule has 0 bridgehead atoms. The Morgan fingerprint density at radius 3 is 2.52 bits per heavy atom. The average molecular weight is 418 g/mol. The molecule has 7 heteroatoms. The SMILES string of the molecule is CC(=O)Nc1ccc(OCC(O)CN2CCN(c3cc(Cl)ccc3C)CC2)cc1. The van der Waals surface area contributed by atoms with E-state index in [9.17, 15) is 9.90 Å². The van der Waals surface area contributed by atoms with Crippen LogP contribution in [0.4, 0.5) is 11.4 Å². The molecule has 2 aromatic rings. The summed E-state index contributed by atoms with van der Waals surface area (Å²) in [6.07, 6.45) is -0.565. The van der Waals surface area contributed by atoms with Crippen molar-refractivity contribution in [3.63, 3.8) is 0 Å². The third-order valence-electron chi connectivity index (χ3n) is 4.97. The summed E-state index contributed by atoms with van der Waals surface area (Å²) in [5.74, 6) is 0.555. The van der Waals surface area contributed by atoms with Gasteiger partial charge in [0.1, 0.15) is 18.5 Å². The third kappa shape index (κ3) is 6.35. The van der Waals surface area contributed by atoms with Gasteiger partial charge in [0.05, 0.1) is 0 Å². The van der Waals surface area contributed by atoms with Crippen molar-refractivity contribution in [3.8, 4) is 5.75 Å². The fourth-order valence-electron chi connectivity index (χ4n) is 3.48. The van der Waals surface area contributed by atoms with Crippen molar-refractivity contribution in [1.82, 2.24) is 4.90 Å². The van der Waals surface area contributed by atoms with Crippen molar-refractivity contribution in [2.24, 2.45) is 0 Å². The number of amides is 1. The van der Waals surface area contributed by atoms with Gasteiger partial charge in [0.2, 0.25) is 5.91 Å². The minimum absolute atomic E-state index is 0.111. The Balaban J connectivity index is 1.42. The molecule has 2 aromatic carbocycles. The Hall–Kier alpha value is -2.28. The summed E-state index contributed by atoms with van der Waals surface area (Å²) < 4.78 is 5.67. The van der Waals surface area contributed by atoms with E-state index in [2.05, 4.69) is 22.0 Å². The molecular weight excluding hydrogens is 390 g/mol. The van der Waals surface area contributed by atoms with Crippen molar-refractivity contribution in [1.29, 1.82) is 0 Å². The van der Waals surface area contributed by atoms with Crippen LogP contribution in [0.25, 0.3) is 0 Å². The molecule has 0 aromatic heterocycles. The van der Waals surface area contributed by atoms with Crippen LogP contribution in [-0.4, -0.2) is 61.3 Å². The molecule has 1 unspecified atom stereocenters. The van der Waals surface area contributed by atoms with E-state index in [0.717, 1.165) is 36.9 Å². The second-order valence-corrected chi connectivity index (χ2v) is 7.83. The van der Waals surface area contributed by atoms with Crippen LogP contribution in [0.1, 0.15) is 12.5 Å². The standard InChI is InChI=1S/C22H28ClN3O3/c1-16-3-4-18(23)13-22(16)26-11-9-25(10-12-26)14-20(28)15-29-21-7-5-19(6-8-21)24-17(2)27/h3-8,13,20,28H,9-12,14-15H2,1-2H3,(H,24,27). The second-order valence-electron chi connectivity index (χ2n) is 7.39. The molecule has 1 heterocycles. The maximum Gasteiger partial charge on any atom is 0.221 e. The summed E-state index contributed by atoms with van der Waals surface area (Å²) in [6, 6.07) is 13.1. The molecule has 0 saturated carbocycles. The van der Waals surface area contributed by atoms with E-state index in [1.54, 1.807) is 24.3 Å². The van der Waals surface area contributed by atoms with Gasteiger partial charge in [0, 0.05) is 56.0 Å². The van der Waals surface area contributed by atoms with E-state index in [0.29, 0.717) is 12.3 Å². The Morgan fingerprint density at radius 2 is 1.86 bits per heavy atom. The highest BCUT2D eigenvalue weighted by Crippen LogP contribution is 2.25.